The molecule has 66 valence electrons. The Labute approximate surface area is 82.9 Å². The van der Waals surface area contributed by atoms with Crippen molar-refractivity contribution in [1.29, 1.82) is 0 Å². The first kappa shape index (κ1) is 8.55. The lowest BCUT2D eigenvalue weighted by atomic mass is 9.53. The fourth-order valence-corrected chi connectivity index (χ4v) is 2.95. The highest BCUT2D eigenvalue weighted by Crippen LogP contribution is 2.57. The van der Waals surface area contributed by atoms with E-state index in [2.05, 4.69) is 48.9 Å². The van der Waals surface area contributed by atoms with E-state index in [-0.39, 0.29) is 0 Å². The van der Waals surface area contributed by atoms with Crippen LogP contribution in [0.15, 0.2) is 22.2 Å². The van der Waals surface area contributed by atoms with Gasteiger partial charge in [0.1, 0.15) is 0 Å². The third kappa shape index (κ3) is 0.953. The van der Waals surface area contributed by atoms with Gasteiger partial charge in [-0.15, -0.1) is 0 Å². The lowest BCUT2D eigenvalue weighted by Crippen LogP contribution is -2.43. The molecule has 3 aliphatic carbocycles. The summed E-state index contributed by atoms with van der Waals surface area (Å²) in [6.45, 7) is 7.01. The minimum Gasteiger partial charge on any atom is -0.0797 e. The third-order valence-electron chi connectivity index (χ3n) is 3.72. The highest BCUT2D eigenvalue weighted by molar-refractivity contribution is 9.11. The SMILES string of the molecule is CC1=C(Br)C=CC2CC1C2(C)C. The zero-order chi connectivity index (χ0) is 8.93. The van der Waals surface area contributed by atoms with Crippen molar-refractivity contribution in [3.05, 3.63) is 22.2 Å². The fraction of sp³-hybridized carbons (Fsp3) is 0.636. The van der Waals surface area contributed by atoms with E-state index < -0.39 is 0 Å². The predicted octanol–water partition coefficient (Wildman–Crippen LogP) is 3.89. The van der Waals surface area contributed by atoms with Crippen LogP contribution in [0.4, 0.5) is 0 Å². The van der Waals surface area contributed by atoms with Gasteiger partial charge >= 0.3 is 0 Å². The first-order valence-electron chi connectivity index (χ1n) is 4.58. The molecule has 0 amide bonds. The molecule has 0 N–H and O–H groups in total. The molecule has 2 atom stereocenters. The van der Waals surface area contributed by atoms with E-state index in [4.69, 9.17) is 0 Å². The first-order valence-corrected chi connectivity index (χ1v) is 5.37. The van der Waals surface area contributed by atoms with Gasteiger partial charge in [0.2, 0.25) is 0 Å². The molecule has 0 aliphatic heterocycles. The van der Waals surface area contributed by atoms with E-state index in [0.717, 1.165) is 11.8 Å². The van der Waals surface area contributed by atoms with Crippen LogP contribution in [0.3, 0.4) is 0 Å². The van der Waals surface area contributed by atoms with Crippen LogP contribution in [0, 0.1) is 17.3 Å². The van der Waals surface area contributed by atoms with Gasteiger partial charge in [0, 0.05) is 4.48 Å². The molecule has 0 radical (unpaired) electrons. The van der Waals surface area contributed by atoms with Gasteiger partial charge in [0.15, 0.2) is 0 Å². The van der Waals surface area contributed by atoms with Gasteiger partial charge in [-0.2, -0.15) is 0 Å². The molecule has 3 rings (SSSR count). The Kier molecular flexibility index (Phi) is 1.76. The van der Waals surface area contributed by atoms with E-state index in [1.165, 1.54) is 16.5 Å². The van der Waals surface area contributed by atoms with Crippen LogP contribution in [0.2, 0.25) is 0 Å². The molecule has 0 nitrogen and oxygen atoms in total. The zero-order valence-corrected chi connectivity index (χ0v) is 9.48. The van der Waals surface area contributed by atoms with Gasteiger partial charge in [0.25, 0.3) is 0 Å². The van der Waals surface area contributed by atoms with Crippen molar-refractivity contribution < 1.29 is 0 Å². The van der Waals surface area contributed by atoms with Crippen molar-refractivity contribution in [2.24, 2.45) is 17.3 Å². The molecule has 1 fully saturated rings. The van der Waals surface area contributed by atoms with Crippen LogP contribution in [0.1, 0.15) is 27.2 Å². The third-order valence-corrected chi connectivity index (χ3v) is 4.61. The van der Waals surface area contributed by atoms with Gasteiger partial charge in [-0.05, 0) is 30.6 Å². The molecule has 0 heterocycles. The maximum atomic E-state index is 3.62. The highest BCUT2D eigenvalue weighted by atomic mass is 79.9. The summed E-state index contributed by atoms with van der Waals surface area (Å²) in [7, 11) is 0. The molecule has 1 heteroatoms. The van der Waals surface area contributed by atoms with Gasteiger partial charge in [-0.25, -0.2) is 0 Å². The van der Waals surface area contributed by atoms with Crippen molar-refractivity contribution in [3.63, 3.8) is 0 Å². The number of allylic oxidation sites excluding steroid dienone is 4. The smallest absolute Gasteiger partial charge is 0.0164 e. The molecule has 0 saturated heterocycles. The molecule has 12 heavy (non-hydrogen) atoms. The highest BCUT2D eigenvalue weighted by Gasteiger charge is 2.48. The summed E-state index contributed by atoms with van der Waals surface area (Å²) in [6.07, 6.45) is 5.94. The molecule has 1 saturated carbocycles. The van der Waals surface area contributed by atoms with Crippen molar-refractivity contribution in [1.82, 2.24) is 0 Å². The Balaban J connectivity index is 2.42. The van der Waals surface area contributed by atoms with E-state index >= 15 is 0 Å². The van der Waals surface area contributed by atoms with Crippen molar-refractivity contribution in [3.8, 4) is 0 Å². The number of hydrogen-bond acceptors (Lipinski definition) is 0. The number of hydrogen-bond donors (Lipinski definition) is 0. The summed E-state index contributed by atoms with van der Waals surface area (Å²) >= 11 is 3.62. The summed E-state index contributed by atoms with van der Waals surface area (Å²) < 4.78 is 1.31. The largest absolute Gasteiger partial charge is 0.0797 e. The number of fused-ring (bicyclic) bond motifs is 1. The van der Waals surface area contributed by atoms with E-state index in [1.54, 1.807) is 0 Å². The van der Waals surface area contributed by atoms with Gasteiger partial charge < -0.3 is 0 Å². The van der Waals surface area contributed by atoms with Gasteiger partial charge in [-0.3, -0.25) is 0 Å². The molecular weight excluding hydrogens is 212 g/mol. The normalized spacial score (nSPS) is 37.7. The molecule has 3 aliphatic rings. The maximum Gasteiger partial charge on any atom is 0.0164 e. The minimum atomic E-state index is 0.496. The van der Waals surface area contributed by atoms with Crippen LogP contribution >= 0.6 is 15.9 Å². The molecular formula is C11H15Br. The summed E-state index contributed by atoms with van der Waals surface area (Å²) in [5.41, 5.74) is 2.03. The Morgan fingerprint density at radius 1 is 1.50 bits per heavy atom. The zero-order valence-electron chi connectivity index (χ0n) is 7.89. The Morgan fingerprint density at radius 3 is 2.75 bits per heavy atom. The monoisotopic (exact) mass is 226 g/mol. The summed E-state index contributed by atoms with van der Waals surface area (Å²) in [5, 5.41) is 0. The molecule has 0 aromatic heterocycles. The lowest BCUT2D eigenvalue weighted by molar-refractivity contribution is 0.0405. The van der Waals surface area contributed by atoms with E-state index in [9.17, 15) is 0 Å². The molecule has 2 bridgehead atoms. The second-order valence-electron chi connectivity index (χ2n) is 4.61. The van der Waals surface area contributed by atoms with Crippen LogP contribution < -0.4 is 0 Å². The first-order chi connectivity index (χ1) is 5.53. The molecule has 0 aromatic rings. The Morgan fingerprint density at radius 2 is 2.17 bits per heavy atom. The van der Waals surface area contributed by atoms with Crippen molar-refractivity contribution in [2.75, 3.05) is 0 Å². The molecule has 2 unspecified atom stereocenters. The average Bonchev–Trinajstić information content (AvgIpc) is 2.18. The molecule has 0 aromatic carbocycles. The summed E-state index contributed by atoms with van der Waals surface area (Å²) in [4.78, 5) is 0. The minimum absolute atomic E-state index is 0.496. The van der Waals surface area contributed by atoms with Gasteiger partial charge in [-0.1, -0.05) is 47.5 Å². The standard InChI is InChI=1S/C11H15Br/c1-7-9-6-8(11(9,2)3)4-5-10(7)12/h4-5,8-9H,6H2,1-3H3. The Bertz CT molecular complexity index is 271. The van der Waals surface area contributed by atoms with Crippen molar-refractivity contribution >= 4 is 15.9 Å². The van der Waals surface area contributed by atoms with Gasteiger partial charge in [0.05, 0.1) is 0 Å². The quantitative estimate of drug-likeness (QED) is 0.589. The van der Waals surface area contributed by atoms with E-state index in [0.29, 0.717) is 5.41 Å². The predicted molar refractivity (Wildman–Crippen MR) is 56.1 cm³/mol. The number of rotatable bonds is 0. The lowest BCUT2D eigenvalue weighted by Gasteiger charge is -2.51. The van der Waals surface area contributed by atoms with Crippen LogP contribution in [-0.4, -0.2) is 0 Å². The maximum absolute atomic E-state index is 3.62. The van der Waals surface area contributed by atoms with Crippen LogP contribution in [0.25, 0.3) is 0 Å². The fourth-order valence-electron chi connectivity index (χ4n) is 2.52. The van der Waals surface area contributed by atoms with Crippen LogP contribution in [0.5, 0.6) is 0 Å². The average molecular weight is 227 g/mol. The number of halogens is 1. The van der Waals surface area contributed by atoms with Crippen molar-refractivity contribution in [2.45, 2.75) is 27.2 Å². The second-order valence-corrected chi connectivity index (χ2v) is 5.46. The Hall–Kier alpha value is -0.0400. The van der Waals surface area contributed by atoms with E-state index in [1.807, 2.05) is 0 Å². The van der Waals surface area contributed by atoms with Crippen LogP contribution in [-0.2, 0) is 0 Å². The summed E-state index contributed by atoms with van der Waals surface area (Å²) in [5.74, 6) is 1.60. The topological polar surface area (TPSA) is 0 Å². The summed E-state index contributed by atoms with van der Waals surface area (Å²) in [6, 6.07) is 0. The molecule has 0 spiro atoms. The second kappa shape index (κ2) is 2.47.